The van der Waals surface area contributed by atoms with Crippen molar-refractivity contribution in [2.24, 2.45) is 0 Å². The van der Waals surface area contributed by atoms with Crippen molar-refractivity contribution < 1.29 is 5.11 Å². The summed E-state index contributed by atoms with van der Waals surface area (Å²) in [7, 11) is 0. The van der Waals surface area contributed by atoms with Crippen molar-refractivity contribution in [1.29, 1.82) is 0 Å². The van der Waals surface area contributed by atoms with Gasteiger partial charge in [-0.25, -0.2) is 0 Å². The smallest absolute Gasteiger partial charge is 0.0574 e. The first-order chi connectivity index (χ1) is 12.3. The minimum atomic E-state index is -0.127. The van der Waals surface area contributed by atoms with Gasteiger partial charge in [0.2, 0.25) is 0 Å². The van der Waals surface area contributed by atoms with Crippen molar-refractivity contribution in [2.45, 2.75) is 103 Å². The third kappa shape index (κ3) is 13.8. The number of rotatable bonds is 16. The molecule has 0 saturated carbocycles. The van der Waals surface area contributed by atoms with E-state index in [2.05, 4.69) is 49.4 Å². The molecule has 0 amide bonds. The molecule has 0 unspecified atom stereocenters. The predicted octanol–water partition coefficient (Wildman–Crippen LogP) is 7.24. The first-order valence-corrected chi connectivity index (χ1v) is 10.7. The topological polar surface area (TPSA) is 20.2 Å². The number of unbranched alkanes of at least 4 members (excludes halogenated alkanes) is 9. The van der Waals surface area contributed by atoms with E-state index in [9.17, 15) is 5.11 Å². The van der Waals surface area contributed by atoms with Gasteiger partial charge in [-0.15, -0.1) is 0 Å². The van der Waals surface area contributed by atoms with E-state index < -0.39 is 0 Å². The van der Waals surface area contributed by atoms with Crippen molar-refractivity contribution in [2.75, 3.05) is 0 Å². The Hall–Kier alpha value is -1.08. The number of hydrogen-bond donors (Lipinski definition) is 1. The van der Waals surface area contributed by atoms with Crippen LogP contribution in [0.2, 0.25) is 0 Å². The second kappa shape index (κ2) is 16.4. The van der Waals surface area contributed by atoms with E-state index in [-0.39, 0.29) is 6.10 Å². The highest BCUT2D eigenvalue weighted by Crippen LogP contribution is 2.12. The van der Waals surface area contributed by atoms with Crippen LogP contribution >= 0.6 is 0 Å². The zero-order valence-corrected chi connectivity index (χ0v) is 16.5. The lowest BCUT2D eigenvalue weighted by molar-refractivity contribution is 0.163. The van der Waals surface area contributed by atoms with E-state index in [0.29, 0.717) is 0 Å². The third-order valence-electron chi connectivity index (χ3n) is 4.89. The minimum absolute atomic E-state index is 0.127. The van der Waals surface area contributed by atoms with Crippen LogP contribution in [-0.4, -0.2) is 11.2 Å². The van der Waals surface area contributed by atoms with Crippen molar-refractivity contribution in [3.8, 4) is 0 Å². The summed E-state index contributed by atoms with van der Waals surface area (Å²) in [4.78, 5) is 0. The number of aliphatic hydroxyl groups excluding tert-OH is 1. The molecule has 0 heterocycles. The molecular weight excluding hydrogens is 304 g/mol. The maximum absolute atomic E-state index is 9.90. The molecule has 1 heteroatoms. The Labute approximate surface area is 156 Å². The van der Waals surface area contributed by atoms with E-state index >= 15 is 0 Å². The Kier molecular flexibility index (Phi) is 14.4. The molecule has 1 rings (SSSR count). The molecule has 0 aliphatic carbocycles. The molecule has 1 aromatic carbocycles. The molecule has 0 aromatic heterocycles. The Bertz CT molecular complexity index is 409. The monoisotopic (exact) mass is 344 g/mol. The minimum Gasteiger partial charge on any atom is -0.393 e. The average Bonchev–Trinajstić information content (AvgIpc) is 2.64. The highest BCUT2D eigenvalue weighted by molar-refractivity contribution is 5.14. The van der Waals surface area contributed by atoms with Crippen molar-refractivity contribution in [3.63, 3.8) is 0 Å². The lowest BCUT2D eigenvalue weighted by Gasteiger charge is -2.07. The highest BCUT2D eigenvalue weighted by Gasteiger charge is 2.00. The van der Waals surface area contributed by atoms with Gasteiger partial charge in [0.15, 0.2) is 0 Å². The number of aryl methyl sites for hydroxylation is 1. The molecule has 0 aliphatic heterocycles. The van der Waals surface area contributed by atoms with Gasteiger partial charge >= 0.3 is 0 Å². The molecule has 0 radical (unpaired) electrons. The quantitative estimate of drug-likeness (QED) is 0.247. The maximum Gasteiger partial charge on any atom is 0.0574 e. The molecule has 0 bridgehead atoms. The maximum atomic E-state index is 9.90. The standard InChI is InChI=1S/C24H40O/c1-2-3-4-16-21-24(25)22-17-11-9-7-5-6-8-10-13-18-23-19-14-12-15-20-23/h11-12,14-15,17,19-20,24-25H,2-10,13,16,18,21-22H2,1H3/t24-/m1/s1. The lowest BCUT2D eigenvalue weighted by atomic mass is 10.0. The third-order valence-corrected chi connectivity index (χ3v) is 4.89. The van der Waals surface area contributed by atoms with Crippen LogP contribution in [0.15, 0.2) is 42.5 Å². The van der Waals surface area contributed by atoms with Gasteiger partial charge in [0.1, 0.15) is 0 Å². The normalized spacial score (nSPS) is 12.7. The van der Waals surface area contributed by atoms with Crippen LogP contribution in [0.3, 0.4) is 0 Å². The molecule has 25 heavy (non-hydrogen) atoms. The molecule has 0 fully saturated rings. The number of allylic oxidation sites excluding steroid dienone is 1. The zero-order valence-electron chi connectivity index (χ0n) is 16.5. The average molecular weight is 345 g/mol. The molecular formula is C24H40O. The zero-order chi connectivity index (χ0) is 18.0. The van der Waals surface area contributed by atoms with Crippen LogP contribution in [0.5, 0.6) is 0 Å². The Morgan fingerprint density at radius 3 is 2.24 bits per heavy atom. The number of hydrogen-bond acceptors (Lipinski definition) is 1. The highest BCUT2D eigenvalue weighted by atomic mass is 16.3. The molecule has 1 N–H and O–H groups in total. The Balaban J connectivity index is 1.83. The van der Waals surface area contributed by atoms with Crippen LogP contribution in [0.4, 0.5) is 0 Å². The molecule has 1 aromatic rings. The Morgan fingerprint density at radius 1 is 0.800 bits per heavy atom. The lowest BCUT2D eigenvalue weighted by Crippen LogP contribution is -2.04. The predicted molar refractivity (Wildman–Crippen MR) is 111 cm³/mol. The molecule has 0 saturated heterocycles. The second-order valence-corrected chi connectivity index (χ2v) is 7.36. The summed E-state index contributed by atoms with van der Waals surface area (Å²) in [5.74, 6) is 0. The molecule has 142 valence electrons. The fourth-order valence-corrected chi connectivity index (χ4v) is 3.24. The van der Waals surface area contributed by atoms with E-state index in [1.54, 1.807) is 0 Å². The molecule has 1 atom stereocenters. The van der Waals surface area contributed by atoms with E-state index in [4.69, 9.17) is 0 Å². The fourth-order valence-electron chi connectivity index (χ4n) is 3.24. The first kappa shape index (κ1) is 22.0. The van der Waals surface area contributed by atoms with Gasteiger partial charge < -0.3 is 5.11 Å². The SMILES string of the molecule is CCCCCC[C@@H](O)CC=CCCCCCCCCc1ccccc1. The number of aliphatic hydroxyl groups is 1. The van der Waals surface area contributed by atoms with Crippen LogP contribution in [-0.2, 0) is 6.42 Å². The molecule has 0 spiro atoms. The summed E-state index contributed by atoms with van der Waals surface area (Å²) in [5.41, 5.74) is 1.47. The summed E-state index contributed by atoms with van der Waals surface area (Å²) in [6.07, 6.45) is 21.6. The summed E-state index contributed by atoms with van der Waals surface area (Å²) in [5, 5.41) is 9.90. The molecule has 1 nitrogen and oxygen atoms in total. The van der Waals surface area contributed by atoms with Gasteiger partial charge in [-0.1, -0.05) is 101 Å². The van der Waals surface area contributed by atoms with Gasteiger partial charge in [-0.2, -0.15) is 0 Å². The van der Waals surface area contributed by atoms with Gasteiger partial charge in [-0.3, -0.25) is 0 Å². The van der Waals surface area contributed by atoms with E-state index in [1.165, 1.54) is 82.6 Å². The van der Waals surface area contributed by atoms with Crippen molar-refractivity contribution in [3.05, 3.63) is 48.0 Å². The van der Waals surface area contributed by atoms with Crippen molar-refractivity contribution >= 4 is 0 Å². The van der Waals surface area contributed by atoms with Gasteiger partial charge in [0, 0.05) is 0 Å². The van der Waals surface area contributed by atoms with Crippen LogP contribution < -0.4 is 0 Å². The van der Waals surface area contributed by atoms with Crippen LogP contribution in [0.1, 0.15) is 96.0 Å². The van der Waals surface area contributed by atoms with E-state index in [1.807, 2.05) is 0 Å². The second-order valence-electron chi connectivity index (χ2n) is 7.36. The number of benzene rings is 1. The summed E-state index contributed by atoms with van der Waals surface area (Å²) >= 11 is 0. The largest absolute Gasteiger partial charge is 0.393 e. The summed E-state index contributed by atoms with van der Waals surface area (Å²) in [6, 6.07) is 10.8. The fraction of sp³-hybridized carbons (Fsp3) is 0.667. The summed E-state index contributed by atoms with van der Waals surface area (Å²) in [6.45, 7) is 2.23. The summed E-state index contributed by atoms with van der Waals surface area (Å²) < 4.78 is 0. The van der Waals surface area contributed by atoms with Gasteiger partial charge in [0.05, 0.1) is 6.10 Å². The molecule has 0 aliphatic rings. The van der Waals surface area contributed by atoms with Crippen molar-refractivity contribution in [1.82, 2.24) is 0 Å². The van der Waals surface area contributed by atoms with Gasteiger partial charge in [-0.05, 0) is 44.1 Å². The van der Waals surface area contributed by atoms with Gasteiger partial charge in [0.25, 0.3) is 0 Å². The van der Waals surface area contributed by atoms with E-state index in [0.717, 1.165) is 12.8 Å². The van der Waals surface area contributed by atoms with Crippen LogP contribution in [0.25, 0.3) is 0 Å². The van der Waals surface area contributed by atoms with Crippen LogP contribution in [0, 0.1) is 0 Å². The first-order valence-electron chi connectivity index (χ1n) is 10.7. The Morgan fingerprint density at radius 2 is 1.48 bits per heavy atom.